The number of hydrogen-bond donors (Lipinski definition) is 3. The van der Waals surface area contributed by atoms with Gasteiger partial charge in [-0.05, 0) is 55.7 Å². The Balaban J connectivity index is 1.60. The van der Waals surface area contributed by atoms with E-state index in [-0.39, 0.29) is 23.1 Å². The zero-order chi connectivity index (χ0) is 20.8. The number of amides is 2. The van der Waals surface area contributed by atoms with Crippen LogP contribution in [0.5, 0.6) is 5.75 Å². The monoisotopic (exact) mass is 413 g/mol. The summed E-state index contributed by atoms with van der Waals surface area (Å²) in [5, 5.41) is 17.2. The summed E-state index contributed by atoms with van der Waals surface area (Å²) in [6, 6.07) is 11.5. The molecular formula is C22H24ClN3O3. The van der Waals surface area contributed by atoms with Gasteiger partial charge in [0.15, 0.2) is 0 Å². The molecule has 29 heavy (non-hydrogen) atoms. The number of benzene rings is 2. The minimum atomic E-state index is -0.555. The van der Waals surface area contributed by atoms with Crippen LogP contribution < -0.4 is 10.7 Å². The van der Waals surface area contributed by atoms with Gasteiger partial charge in [0.05, 0.1) is 11.3 Å². The highest BCUT2D eigenvalue weighted by Crippen LogP contribution is 2.25. The van der Waals surface area contributed by atoms with E-state index in [4.69, 9.17) is 11.6 Å². The molecule has 0 aliphatic heterocycles. The standard InChI is InChI=1S/C22H24ClN3O3/c1-14(25-26-22(29)19-13-17(23)9-12-20(19)27)15-7-10-18(11-8-15)24-21(28)16-5-3-2-4-6-16/h7-13,16,27H,2-6H2,1H3,(H,24,28)(H,26,29). The normalized spacial score (nSPS) is 15.0. The highest BCUT2D eigenvalue weighted by atomic mass is 35.5. The SMILES string of the molecule is CC(=NNC(=O)c1cc(Cl)ccc1O)c1ccc(NC(=O)C2CCCCC2)cc1. The molecule has 1 fully saturated rings. The van der Waals surface area contributed by atoms with Gasteiger partial charge in [-0.25, -0.2) is 5.43 Å². The molecule has 0 spiro atoms. The predicted octanol–water partition coefficient (Wildman–Crippen LogP) is 4.72. The number of phenolic OH excluding ortho intramolecular Hbond substituents is 1. The molecule has 0 aromatic heterocycles. The molecule has 152 valence electrons. The van der Waals surface area contributed by atoms with Crippen molar-refractivity contribution >= 4 is 34.8 Å². The zero-order valence-electron chi connectivity index (χ0n) is 16.2. The molecular weight excluding hydrogens is 390 g/mol. The maximum Gasteiger partial charge on any atom is 0.275 e. The Morgan fingerprint density at radius 3 is 2.45 bits per heavy atom. The van der Waals surface area contributed by atoms with Gasteiger partial charge in [0.2, 0.25) is 5.91 Å². The number of nitrogens with zero attached hydrogens (tertiary/aromatic N) is 1. The van der Waals surface area contributed by atoms with E-state index in [1.54, 1.807) is 6.92 Å². The van der Waals surface area contributed by atoms with E-state index >= 15 is 0 Å². The smallest absolute Gasteiger partial charge is 0.275 e. The molecule has 0 saturated heterocycles. The second-order valence-electron chi connectivity index (χ2n) is 7.20. The third-order valence-electron chi connectivity index (χ3n) is 5.07. The van der Waals surface area contributed by atoms with Crippen LogP contribution in [0.2, 0.25) is 5.02 Å². The number of rotatable bonds is 5. The van der Waals surface area contributed by atoms with Gasteiger partial charge < -0.3 is 10.4 Å². The summed E-state index contributed by atoms with van der Waals surface area (Å²) in [6.07, 6.45) is 5.36. The lowest BCUT2D eigenvalue weighted by molar-refractivity contribution is -0.120. The van der Waals surface area contributed by atoms with Crippen LogP contribution in [-0.2, 0) is 4.79 Å². The summed E-state index contributed by atoms with van der Waals surface area (Å²) in [4.78, 5) is 24.5. The van der Waals surface area contributed by atoms with Crippen molar-refractivity contribution in [3.8, 4) is 5.75 Å². The summed E-state index contributed by atoms with van der Waals surface area (Å²) < 4.78 is 0. The lowest BCUT2D eigenvalue weighted by Gasteiger charge is -2.20. The van der Waals surface area contributed by atoms with Crippen LogP contribution in [0.1, 0.15) is 54.9 Å². The first-order valence-corrected chi connectivity index (χ1v) is 10.1. The first kappa shape index (κ1) is 20.9. The van der Waals surface area contributed by atoms with Crippen molar-refractivity contribution in [3.05, 3.63) is 58.6 Å². The van der Waals surface area contributed by atoms with Gasteiger partial charge >= 0.3 is 0 Å². The highest BCUT2D eigenvalue weighted by Gasteiger charge is 2.21. The number of nitrogens with one attached hydrogen (secondary N) is 2. The second kappa shape index (κ2) is 9.56. The number of anilines is 1. The van der Waals surface area contributed by atoms with E-state index < -0.39 is 5.91 Å². The largest absolute Gasteiger partial charge is 0.507 e. The molecule has 0 heterocycles. The van der Waals surface area contributed by atoms with E-state index in [1.807, 2.05) is 24.3 Å². The maximum absolute atomic E-state index is 12.3. The fourth-order valence-corrected chi connectivity index (χ4v) is 3.53. The minimum Gasteiger partial charge on any atom is -0.507 e. The Labute approximate surface area is 175 Å². The number of carbonyl (C=O) groups excluding carboxylic acids is 2. The number of hydrogen-bond acceptors (Lipinski definition) is 4. The summed E-state index contributed by atoms with van der Waals surface area (Å²) in [7, 11) is 0. The minimum absolute atomic E-state index is 0.0508. The molecule has 1 aliphatic rings. The van der Waals surface area contributed by atoms with Crippen molar-refractivity contribution in [1.29, 1.82) is 0 Å². The first-order valence-electron chi connectivity index (χ1n) is 9.68. The molecule has 6 nitrogen and oxygen atoms in total. The Morgan fingerprint density at radius 2 is 1.76 bits per heavy atom. The van der Waals surface area contributed by atoms with E-state index in [0.29, 0.717) is 10.7 Å². The quantitative estimate of drug-likeness (QED) is 0.489. The van der Waals surface area contributed by atoms with Gasteiger partial charge in [-0.3, -0.25) is 9.59 Å². The average Bonchev–Trinajstić information content (AvgIpc) is 2.74. The first-order chi connectivity index (χ1) is 13.9. The lowest BCUT2D eigenvalue weighted by atomic mass is 9.88. The van der Waals surface area contributed by atoms with Gasteiger partial charge in [-0.15, -0.1) is 0 Å². The van der Waals surface area contributed by atoms with Crippen molar-refractivity contribution in [3.63, 3.8) is 0 Å². The summed E-state index contributed by atoms with van der Waals surface area (Å²) in [5.41, 5.74) is 4.60. The molecule has 0 unspecified atom stereocenters. The Morgan fingerprint density at radius 1 is 1.07 bits per heavy atom. The Bertz CT molecular complexity index is 919. The van der Waals surface area contributed by atoms with Gasteiger partial charge in [0.1, 0.15) is 5.75 Å². The number of halogens is 1. The predicted molar refractivity (Wildman–Crippen MR) is 114 cm³/mol. The molecule has 3 N–H and O–H groups in total. The van der Waals surface area contributed by atoms with Crippen molar-refractivity contribution in [2.45, 2.75) is 39.0 Å². The number of phenols is 1. The van der Waals surface area contributed by atoms with Crippen molar-refractivity contribution in [1.82, 2.24) is 5.43 Å². The summed E-state index contributed by atoms with van der Waals surface area (Å²) >= 11 is 5.86. The third kappa shape index (κ3) is 5.57. The van der Waals surface area contributed by atoms with Crippen LogP contribution in [0.25, 0.3) is 0 Å². The Kier molecular flexibility index (Phi) is 6.88. The van der Waals surface area contributed by atoms with Crippen LogP contribution in [0, 0.1) is 5.92 Å². The second-order valence-corrected chi connectivity index (χ2v) is 7.64. The van der Waals surface area contributed by atoms with E-state index in [0.717, 1.165) is 36.9 Å². The maximum atomic E-state index is 12.3. The van der Waals surface area contributed by atoms with Gasteiger partial charge in [0.25, 0.3) is 5.91 Å². The molecule has 2 amide bonds. The molecule has 0 atom stereocenters. The molecule has 1 aliphatic carbocycles. The topological polar surface area (TPSA) is 90.8 Å². The molecule has 0 radical (unpaired) electrons. The third-order valence-corrected chi connectivity index (χ3v) is 5.31. The van der Waals surface area contributed by atoms with E-state index in [1.165, 1.54) is 24.6 Å². The van der Waals surface area contributed by atoms with E-state index in [2.05, 4.69) is 15.8 Å². The molecule has 2 aromatic carbocycles. The molecule has 1 saturated carbocycles. The molecule has 0 bridgehead atoms. The van der Waals surface area contributed by atoms with Gasteiger partial charge in [-0.1, -0.05) is 43.0 Å². The van der Waals surface area contributed by atoms with E-state index in [9.17, 15) is 14.7 Å². The van der Waals surface area contributed by atoms with Crippen LogP contribution in [-0.4, -0.2) is 22.6 Å². The van der Waals surface area contributed by atoms with Crippen molar-refractivity contribution in [2.75, 3.05) is 5.32 Å². The average molecular weight is 414 g/mol. The van der Waals surface area contributed by atoms with Crippen LogP contribution in [0.3, 0.4) is 0 Å². The fourth-order valence-electron chi connectivity index (χ4n) is 3.35. The van der Waals surface area contributed by atoms with Crippen molar-refractivity contribution in [2.24, 2.45) is 11.0 Å². The number of hydrazone groups is 1. The summed E-state index contributed by atoms with van der Waals surface area (Å²) in [6.45, 7) is 1.76. The summed E-state index contributed by atoms with van der Waals surface area (Å²) in [5.74, 6) is -0.542. The van der Waals surface area contributed by atoms with Gasteiger partial charge in [0, 0.05) is 16.6 Å². The fraction of sp³-hybridized carbons (Fsp3) is 0.318. The number of carbonyl (C=O) groups is 2. The van der Waals surface area contributed by atoms with Crippen molar-refractivity contribution < 1.29 is 14.7 Å². The molecule has 3 rings (SSSR count). The molecule has 2 aromatic rings. The number of aromatic hydroxyl groups is 1. The van der Waals surface area contributed by atoms with Crippen LogP contribution >= 0.6 is 11.6 Å². The van der Waals surface area contributed by atoms with Crippen LogP contribution in [0.15, 0.2) is 47.6 Å². The highest BCUT2D eigenvalue weighted by molar-refractivity contribution is 6.31. The molecule has 7 heteroatoms. The zero-order valence-corrected chi connectivity index (χ0v) is 17.0. The van der Waals surface area contributed by atoms with Crippen LogP contribution in [0.4, 0.5) is 5.69 Å². The van der Waals surface area contributed by atoms with Gasteiger partial charge in [-0.2, -0.15) is 5.10 Å². The lowest BCUT2D eigenvalue weighted by Crippen LogP contribution is -2.24. The Hall–Kier alpha value is -2.86.